The third kappa shape index (κ3) is 3.73. The standard InChI is InChI=1S/C16H18N4O3S/c17-24(22,23)20-10-9-14-12(11-20)5-4-8-15(14)19-16(21)18-13-6-2-1-3-7-13/h1-8H,9-11H2,(H2,17,22,23)(H2,18,19,21). The first-order chi connectivity index (χ1) is 11.4. The van der Waals surface area contributed by atoms with Crippen molar-refractivity contribution in [2.24, 2.45) is 5.14 Å². The number of rotatable bonds is 3. The van der Waals surface area contributed by atoms with Gasteiger partial charge in [0.25, 0.3) is 10.2 Å². The largest absolute Gasteiger partial charge is 0.323 e. The highest BCUT2D eigenvalue weighted by Crippen LogP contribution is 2.27. The average Bonchev–Trinajstić information content (AvgIpc) is 2.54. The molecule has 8 heteroatoms. The van der Waals surface area contributed by atoms with Crippen molar-refractivity contribution >= 4 is 27.6 Å². The van der Waals surface area contributed by atoms with Crippen LogP contribution in [-0.2, 0) is 23.2 Å². The molecule has 0 unspecified atom stereocenters. The summed E-state index contributed by atoms with van der Waals surface area (Å²) in [5.41, 5.74) is 3.14. The molecular formula is C16H18N4O3S. The fourth-order valence-electron chi connectivity index (χ4n) is 2.72. The van der Waals surface area contributed by atoms with Gasteiger partial charge in [-0.1, -0.05) is 30.3 Å². The van der Waals surface area contributed by atoms with E-state index in [4.69, 9.17) is 5.14 Å². The lowest BCUT2D eigenvalue weighted by atomic mass is 9.99. The number of para-hydroxylation sites is 1. The zero-order valence-corrected chi connectivity index (χ0v) is 13.7. The highest BCUT2D eigenvalue weighted by molar-refractivity contribution is 7.86. The quantitative estimate of drug-likeness (QED) is 0.790. The highest BCUT2D eigenvalue weighted by atomic mass is 32.2. The van der Waals surface area contributed by atoms with Gasteiger partial charge >= 0.3 is 6.03 Å². The van der Waals surface area contributed by atoms with Crippen LogP contribution in [0.1, 0.15) is 11.1 Å². The van der Waals surface area contributed by atoms with Gasteiger partial charge in [-0.2, -0.15) is 12.7 Å². The predicted molar refractivity (Wildman–Crippen MR) is 92.7 cm³/mol. The SMILES string of the molecule is NS(=O)(=O)N1CCc2c(cccc2NC(=O)Nc2ccccc2)C1. The maximum Gasteiger partial charge on any atom is 0.323 e. The Labute approximate surface area is 140 Å². The minimum atomic E-state index is -3.71. The Hall–Kier alpha value is -2.42. The molecule has 126 valence electrons. The van der Waals surface area contributed by atoms with Gasteiger partial charge in [0.2, 0.25) is 0 Å². The van der Waals surface area contributed by atoms with E-state index in [0.717, 1.165) is 11.1 Å². The van der Waals surface area contributed by atoms with Crippen LogP contribution in [0, 0.1) is 0 Å². The number of fused-ring (bicyclic) bond motifs is 1. The van der Waals surface area contributed by atoms with Crippen LogP contribution in [0.25, 0.3) is 0 Å². The van der Waals surface area contributed by atoms with Crippen molar-refractivity contribution in [3.05, 3.63) is 59.7 Å². The fourth-order valence-corrected chi connectivity index (χ4v) is 3.39. The van der Waals surface area contributed by atoms with Gasteiger partial charge in [-0.25, -0.2) is 9.93 Å². The molecule has 0 spiro atoms. The smallest absolute Gasteiger partial charge is 0.308 e. The van der Waals surface area contributed by atoms with Crippen LogP contribution < -0.4 is 15.8 Å². The van der Waals surface area contributed by atoms with E-state index < -0.39 is 10.2 Å². The summed E-state index contributed by atoms with van der Waals surface area (Å²) >= 11 is 0. The Morgan fingerprint density at radius 2 is 1.79 bits per heavy atom. The Bertz CT molecular complexity index is 853. The molecule has 1 aliphatic rings. The summed E-state index contributed by atoms with van der Waals surface area (Å²) in [6.45, 7) is 0.509. The van der Waals surface area contributed by atoms with Gasteiger partial charge in [0, 0.05) is 24.5 Å². The molecule has 0 saturated carbocycles. The van der Waals surface area contributed by atoms with Crippen molar-refractivity contribution in [1.82, 2.24) is 4.31 Å². The minimum absolute atomic E-state index is 0.212. The zero-order chi connectivity index (χ0) is 17.2. The first-order valence-corrected chi connectivity index (χ1v) is 8.95. The van der Waals surface area contributed by atoms with E-state index in [-0.39, 0.29) is 12.6 Å². The van der Waals surface area contributed by atoms with E-state index in [9.17, 15) is 13.2 Å². The van der Waals surface area contributed by atoms with Crippen LogP contribution in [0.4, 0.5) is 16.2 Å². The van der Waals surface area contributed by atoms with E-state index >= 15 is 0 Å². The maximum atomic E-state index is 12.1. The summed E-state index contributed by atoms with van der Waals surface area (Å²) in [6, 6.07) is 14.2. The number of hydrogen-bond acceptors (Lipinski definition) is 3. The van der Waals surface area contributed by atoms with Crippen molar-refractivity contribution in [3.8, 4) is 0 Å². The second kappa shape index (κ2) is 6.60. The number of hydrogen-bond donors (Lipinski definition) is 3. The number of amides is 2. The summed E-state index contributed by atoms with van der Waals surface area (Å²) < 4.78 is 24.2. The fraction of sp³-hybridized carbons (Fsp3) is 0.188. The summed E-state index contributed by atoms with van der Waals surface area (Å²) in [5, 5.41) is 10.8. The van der Waals surface area contributed by atoms with E-state index in [1.165, 1.54) is 4.31 Å². The lowest BCUT2D eigenvalue weighted by molar-refractivity contribution is 0.262. The molecule has 0 bridgehead atoms. The van der Waals surface area contributed by atoms with Crippen LogP contribution in [0.5, 0.6) is 0 Å². The summed E-state index contributed by atoms with van der Waals surface area (Å²) in [4.78, 5) is 12.1. The molecule has 24 heavy (non-hydrogen) atoms. The van der Waals surface area contributed by atoms with Gasteiger partial charge in [-0.05, 0) is 35.7 Å². The number of anilines is 2. The number of urea groups is 1. The molecule has 2 aromatic rings. The summed E-state index contributed by atoms with van der Waals surface area (Å²) in [6.07, 6.45) is 0.494. The molecule has 2 amide bonds. The third-order valence-electron chi connectivity index (χ3n) is 3.87. The summed E-state index contributed by atoms with van der Waals surface area (Å²) in [5.74, 6) is 0. The van der Waals surface area contributed by atoms with Crippen LogP contribution in [0.15, 0.2) is 48.5 Å². The van der Waals surface area contributed by atoms with Crippen LogP contribution in [0.3, 0.4) is 0 Å². The summed E-state index contributed by atoms with van der Waals surface area (Å²) in [7, 11) is -3.71. The van der Waals surface area contributed by atoms with Gasteiger partial charge in [0.15, 0.2) is 0 Å². The van der Waals surface area contributed by atoms with Crippen molar-refractivity contribution in [2.45, 2.75) is 13.0 Å². The van der Waals surface area contributed by atoms with Crippen molar-refractivity contribution in [1.29, 1.82) is 0 Å². The Balaban J connectivity index is 1.75. The molecule has 0 atom stereocenters. The van der Waals surface area contributed by atoms with Gasteiger partial charge in [-0.3, -0.25) is 0 Å². The van der Waals surface area contributed by atoms with Gasteiger partial charge < -0.3 is 10.6 Å². The van der Waals surface area contributed by atoms with Gasteiger partial charge in [0.05, 0.1) is 0 Å². The molecule has 4 N–H and O–H groups in total. The normalized spacial score (nSPS) is 14.7. The number of nitrogens with two attached hydrogens (primary N) is 1. The number of benzene rings is 2. The van der Waals surface area contributed by atoms with Crippen molar-refractivity contribution in [3.63, 3.8) is 0 Å². The molecule has 3 rings (SSSR count). The molecule has 1 heterocycles. The lowest BCUT2D eigenvalue weighted by Crippen LogP contribution is -2.40. The number of carbonyl (C=O) groups excluding carboxylic acids is 1. The average molecular weight is 346 g/mol. The first kappa shape index (κ1) is 16.4. The second-order valence-corrected chi connectivity index (χ2v) is 7.06. The van der Waals surface area contributed by atoms with Crippen molar-refractivity contribution < 1.29 is 13.2 Å². The van der Waals surface area contributed by atoms with Gasteiger partial charge in [-0.15, -0.1) is 0 Å². The Morgan fingerprint density at radius 3 is 2.50 bits per heavy atom. The van der Waals surface area contributed by atoms with Crippen LogP contribution in [0.2, 0.25) is 0 Å². The maximum absolute atomic E-state index is 12.1. The number of nitrogens with one attached hydrogen (secondary N) is 2. The Morgan fingerprint density at radius 1 is 1.04 bits per heavy atom. The molecule has 1 aliphatic heterocycles. The molecule has 0 aromatic heterocycles. The van der Waals surface area contributed by atoms with E-state index in [1.807, 2.05) is 24.3 Å². The molecule has 0 fully saturated rings. The second-order valence-electron chi connectivity index (χ2n) is 5.52. The topological polar surface area (TPSA) is 105 Å². The molecule has 7 nitrogen and oxygen atoms in total. The molecule has 0 aliphatic carbocycles. The van der Waals surface area contributed by atoms with Crippen LogP contribution >= 0.6 is 0 Å². The van der Waals surface area contributed by atoms with Gasteiger partial charge in [0.1, 0.15) is 0 Å². The highest BCUT2D eigenvalue weighted by Gasteiger charge is 2.25. The lowest BCUT2D eigenvalue weighted by Gasteiger charge is -2.27. The van der Waals surface area contributed by atoms with E-state index in [1.54, 1.807) is 24.3 Å². The first-order valence-electron chi connectivity index (χ1n) is 7.45. The zero-order valence-electron chi connectivity index (χ0n) is 12.9. The third-order valence-corrected chi connectivity index (χ3v) is 4.90. The number of carbonyl (C=O) groups is 1. The molecule has 2 aromatic carbocycles. The number of nitrogens with zero attached hydrogens (tertiary/aromatic N) is 1. The molecule has 0 saturated heterocycles. The van der Waals surface area contributed by atoms with E-state index in [0.29, 0.717) is 24.3 Å². The van der Waals surface area contributed by atoms with Crippen LogP contribution in [-0.4, -0.2) is 25.3 Å². The van der Waals surface area contributed by atoms with E-state index in [2.05, 4.69) is 10.6 Å². The minimum Gasteiger partial charge on any atom is -0.308 e. The monoisotopic (exact) mass is 346 g/mol. The predicted octanol–water partition coefficient (Wildman–Crippen LogP) is 1.89. The van der Waals surface area contributed by atoms with Crippen molar-refractivity contribution in [2.75, 3.05) is 17.2 Å². The molecular weight excluding hydrogens is 328 g/mol. The molecule has 0 radical (unpaired) electrons. The Kier molecular flexibility index (Phi) is 4.52.